The third-order valence-corrected chi connectivity index (χ3v) is 3.98. The van der Waals surface area contributed by atoms with Gasteiger partial charge in [-0.2, -0.15) is 8.78 Å². The predicted molar refractivity (Wildman–Crippen MR) is 78.9 cm³/mol. The highest BCUT2D eigenvalue weighted by atomic mass is 32.1. The summed E-state index contributed by atoms with van der Waals surface area (Å²) < 4.78 is 43.0. The largest absolute Gasteiger partial charge is 0.414 e. The Morgan fingerprint density at radius 3 is 2.83 bits per heavy atom. The van der Waals surface area contributed by atoms with Crippen LogP contribution < -0.4 is 4.90 Å². The van der Waals surface area contributed by atoms with E-state index in [9.17, 15) is 13.2 Å². The minimum absolute atomic E-state index is 0.0115. The quantitative estimate of drug-likeness (QED) is 0.705. The van der Waals surface area contributed by atoms with Crippen molar-refractivity contribution in [1.29, 1.82) is 0 Å². The second-order valence-corrected chi connectivity index (χ2v) is 5.82. The van der Waals surface area contributed by atoms with Crippen LogP contribution in [0.25, 0.3) is 10.8 Å². The van der Waals surface area contributed by atoms with Crippen LogP contribution >= 0.6 is 11.3 Å². The highest BCUT2D eigenvalue weighted by molar-refractivity contribution is 7.15. The fourth-order valence-electron chi connectivity index (χ4n) is 1.91. The molecule has 1 aromatic carbocycles. The van der Waals surface area contributed by atoms with E-state index in [-0.39, 0.29) is 11.7 Å². The van der Waals surface area contributed by atoms with Crippen LogP contribution in [0, 0.1) is 5.82 Å². The third kappa shape index (κ3) is 3.50. The molecule has 0 aliphatic carbocycles. The molecule has 0 unspecified atom stereocenters. The topological polar surface area (TPSA) is 55.1 Å². The average molecular weight is 340 g/mol. The van der Waals surface area contributed by atoms with E-state index in [0.29, 0.717) is 22.1 Å². The van der Waals surface area contributed by atoms with E-state index >= 15 is 0 Å². The second kappa shape index (κ2) is 6.37. The van der Waals surface area contributed by atoms with Gasteiger partial charge in [-0.1, -0.05) is 6.07 Å². The number of anilines is 1. The molecule has 0 aliphatic rings. The molecule has 0 aliphatic heterocycles. The van der Waals surface area contributed by atoms with E-state index in [0.717, 1.165) is 0 Å². The van der Waals surface area contributed by atoms with Crippen molar-refractivity contribution in [3.05, 3.63) is 47.2 Å². The fourth-order valence-corrected chi connectivity index (χ4v) is 2.80. The van der Waals surface area contributed by atoms with Crippen LogP contribution in [-0.4, -0.2) is 22.2 Å². The molecule has 0 saturated carbocycles. The molecular weight excluding hydrogens is 329 g/mol. The molecule has 9 heteroatoms. The maximum absolute atomic E-state index is 13.2. The molecule has 0 fully saturated rings. The Hall–Kier alpha value is -2.42. The Morgan fingerprint density at radius 1 is 1.30 bits per heavy atom. The van der Waals surface area contributed by atoms with Crippen molar-refractivity contribution < 1.29 is 17.6 Å². The monoisotopic (exact) mass is 340 g/mol. The van der Waals surface area contributed by atoms with E-state index < -0.39 is 12.3 Å². The predicted octanol–water partition coefficient (Wildman–Crippen LogP) is 3.91. The number of hydrogen-bond donors (Lipinski definition) is 0. The van der Waals surface area contributed by atoms with Gasteiger partial charge in [0.15, 0.2) is 0 Å². The summed E-state index contributed by atoms with van der Waals surface area (Å²) >= 11 is 1.25. The van der Waals surface area contributed by atoms with Crippen LogP contribution in [0.15, 0.2) is 34.9 Å². The number of rotatable bonds is 5. The maximum atomic E-state index is 13.2. The summed E-state index contributed by atoms with van der Waals surface area (Å²) in [6.45, 7) is 0.434. The zero-order valence-electron chi connectivity index (χ0n) is 11.9. The Labute approximate surface area is 133 Å². The standard InChI is InChI=1S/C14H11F3N4OS/c1-21(9-4-2-3-8(15)5-9)7-11-18-6-10(23-11)13-19-20-14(22-13)12(16)17/h2-6,12H,7H2,1H3. The van der Waals surface area contributed by atoms with Crippen molar-refractivity contribution in [1.82, 2.24) is 15.2 Å². The molecule has 3 rings (SSSR count). The first kappa shape index (κ1) is 15.5. The molecular formula is C14H11F3N4OS. The molecule has 0 atom stereocenters. The summed E-state index contributed by atoms with van der Waals surface area (Å²) in [5, 5.41) is 7.57. The van der Waals surface area contributed by atoms with Crippen molar-refractivity contribution in [2.45, 2.75) is 13.0 Å². The molecule has 0 bridgehead atoms. The summed E-state index contributed by atoms with van der Waals surface area (Å²) in [6, 6.07) is 6.19. The molecule has 0 N–H and O–H groups in total. The van der Waals surface area contributed by atoms with Crippen LogP contribution in [0.3, 0.4) is 0 Å². The second-order valence-electron chi connectivity index (χ2n) is 4.70. The van der Waals surface area contributed by atoms with E-state index in [4.69, 9.17) is 4.42 Å². The number of alkyl halides is 2. The Bertz CT molecular complexity index is 805. The van der Waals surface area contributed by atoms with Gasteiger partial charge < -0.3 is 9.32 Å². The number of hydrogen-bond acceptors (Lipinski definition) is 6. The summed E-state index contributed by atoms with van der Waals surface area (Å²) in [5.74, 6) is -1.02. The zero-order chi connectivity index (χ0) is 16.4. The lowest BCUT2D eigenvalue weighted by atomic mass is 10.3. The minimum atomic E-state index is -2.80. The molecule has 0 amide bonds. The first-order valence-corrected chi connectivity index (χ1v) is 7.38. The molecule has 5 nitrogen and oxygen atoms in total. The van der Waals surface area contributed by atoms with Crippen molar-refractivity contribution in [3.63, 3.8) is 0 Å². The highest BCUT2D eigenvalue weighted by Gasteiger charge is 2.18. The Balaban J connectivity index is 1.74. The number of nitrogens with zero attached hydrogens (tertiary/aromatic N) is 4. The van der Waals surface area contributed by atoms with Crippen LogP contribution in [0.2, 0.25) is 0 Å². The van der Waals surface area contributed by atoms with Gasteiger partial charge in [-0.3, -0.25) is 0 Å². The van der Waals surface area contributed by atoms with Gasteiger partial charge in [0, 0.05) is 12.7 Å². The van der Waals surface area contributed by atoms with Gasteiger partial charge in [-0.05, 0) is 18.2 Å². The molecule has 0 saturated heterocycles. The number of halogens is 3. The van der Waals surface area contributed by atoms with Gasteiger partial charge in [0.05, 0.1) is 12.7 Å². The van der Waals surface area contributed by atoms with Crippen LogP contribution in [0.1, 0.15) is 17.3 Å². The maximum Gasteiger partial charge on any atom is 0.314 e. The number of aromatic nitrogens is 3. The van der Waals surface area contributed by atoms with Crippen molar-refractivity contribution in [3.8, 4) is 10.8 Å². The number of thiazole rings is 1. The third-order valence-electron chi connectivity index (χ3n) is 3.01. The van der Waals surface area contributed by atoms with E-state index in [2.05, 4.69) is 15.2 Å². The van der Waals surface area contributed by atoms with Gasteiger partial charge in [0.25, 0.3) is 11.8 Å². The van der Waals surface area contributed by atoms with Gasteiger partial charge in [-0.25, -0.2) is 9.37 Å². The fraction of sp³-hybridized carbons (Fsp3) is 0.214. The average Bonchev–Trinajstić information content (AvgIpc) is 3.15. The summed E-state index contributed by atoms with van der Waals surface area (Å²) in [6.07, 6.45) is -1.31. The summed E-state index contributed by atoms with van der Waals surface area (Å²) in [7, 11) is 1.80. The van der Waals surface area contributed by atoms with Gasteiger partial charge >= 0.3 is 6.43 Å². The lowest BCUT2D eigenvalue weighted by Gasteiger charge is -2.17. The van der Waals surface area contributed by atoms with E-state index in [1.54, 1.807) is 19.2 Å². The molecule has 3 aromatic rings. The molecule has 2 aromatic heterocycles. The minimum Gasteiger partial charge on any atom is -0.414 e. The first-order valence-electron chi connectivity index (χ1n) is 6.56. The number of benzene rings is 1. The molecule has 0 spiro atoms. The lowest BCUT2D eigenvalue weighted by molar-refractivity contribution is 0.116. The molecule has 120 valence electrons. The molecule has 2 heterocycles. The van der Waals surface area contributed by atoms with E-state index in [1.807, 2.05) is 4.90 Å². The van der Waals surface area contributed by atoms with Crippen molar-refractivity contribution >= 4 is 17.0 Å². The Kier molecular flexibility index (Phi) is 4.28. The van der Waals surface area contributed by atoms with Gasteiger partial charge in [0.2, 0.25) is 0 Å². The zero-order valence-corrected chi connectivity index (χ0v) is 12.7. The molecule has 23 heavy (non-hydrogen) atoms. The first-order chi connectivity index (χ1) is 11.0. The lowest BCUT2D eigenvalue weighted by Crippen LogP contribution is -2.16. The van der Waals surface area contributed by atoms with E-state index in [1.165, 1.54) is 29.7 Å². The van der Waals surface area contributed by atoms with Crippen LogP contribution in [0.4, 0.5) is 18.9 Å². The van der Waals surface area contributed by atoms with Gasteiger partial charge in [0.1, 0.15) is 15.7 Å². The van der Waals surface area contributed by atoms with Crippen LogP contribution in [-0.2, 0) is 6.54 Å². The SMILES string of the molecule is CN(Cc1ncc(-c2nnc(C(F)F)o2)s1)c1cccc(F)c1. The van der Waals surface area contributed by atoms with Crippen LogP contribution in [0.5, 0.6) is 0 Å². The van der Waals surface area contributed by atoms with Crippen molar-refractivity contribution in [2.75, 3.05) is 11.9 Å². The van der Waals surface area contributed by atoms with Gasteiger partial charge in [-0.15, -0.1) is 21.5 Å². The summed E-state index contributed by atoms with van der Waals surface area (Å²) in [5.41, 5.74) is 0.708. The Morgan fingerprint density at radius 2 is 2.13 bits per heavy atom. The molecule has 0 radical (unpaired) electrons. The smallest absolute Gasteiger partial charge is 0.314 e. The highest BCUT2D eigenvalue weighted by Crippen LogP contribution is 2.28. The normalized spacial score (nSPS) is 11.2. The van der Waals surface area contributed by atoms with Crippen molar-refractivity contribution in [2.24, 2.45) is 0 Å². The summed E-state index contributed by atoms with van der Waals surface area (Å²) in [4.78, 5) is 6.53.